The van der Waals surface area contributed by atoms with Crippen molar-refractivity contribution in [1.82, 2.24) is 5.32 Å². The molecule has 3 N–H and O–H groups in total. The fraction of sp³-hybridized carbons (Fsp3) is 0.409. The van der Waals surface area contributed by atoms with Gasteiger partial charge in [0.15, 0.2) is 5.11 Å². The maximum atomic E-state index is 5.54. The third-order valence-corrected chi connectivity index (χ3v) is 5.50. The van der Waals surface area contributed by atoms with Crippen LogP contribution in [0.5, 0.6) is 5.75 Å². The second-order valence-corrected chi connectivity index (χ2v) is 7.66. The molecule has 1 aliphatic rings. The molecule has 27 heavy (non-hydrogen) atoms. The van der Waals surface area contributed by atoms with E-state index in [4.69, 9.17) is 17.0 Å². The molecule has 1 saturated heterocycles. The first-order valence-electron chi connectivity index (χ1n) is 9.76. The number of piperidine rings is 1. The number of aryl methyl sites for hydroxylation is 1. The Hall–Kier alpha value is -2.11. The lowest BCUT2D eigenvalue weighted by atomic mass is 10.0. The normalized spacial score (nSPS) is 15.8. The number of quaternary nitrogens is 1. The van der Waals surface area contributed by atoms with Crippen LogP contribution in [0.15, 0.2) is 48.5 Å². The molecule has 0 spiro atoms. The molecule has 0 saturated carbocycles. The van der Waals surface area contributed by atoms with Crippen LogP contribution in [0.4, 0.5) is 5.69 Å². The average molecular weight is 385 g/mol. The van der Waals surface area contributed by atoms with E-state index in [1.807, 2.05) is 12.1 Å². The van der Waals surface area contributed by atoms with Crippen LogP contribution in [0.2, 0.25) is 0 Å². The molecular weight excluding hydrogens is 354 g/mol. The first kappa shape index (κ1) is 19.6. The highest BCUT2D eigenvalue weighted by molar-refractivity contribution is 7.80. The monoisotopic (exact) mass is 384 g/mol. The standard InChI is InChI=1S/C22H29N3OS/c1-17-7-6-8-19(15-17)24-22(27)23-16-21(25-13-4-3-5-14-25)18-9-11-20(26-2)12-10-18/h6-12,15,21H,3-5,13-14,16H2,1-2H3,(H2,23,24,27)/p+1/t21-/m1/s1. The Morgan fingerprint density at radius 2 is 1.85 bits per heavy atom. The summed E-state index contributed by atoms with van der Waals surface area (Å²) in [6.07, 6.45) is 3.95. The number of benzene rings is 2. The lowest BCUT2D eigenvalue weighted by Gasteiger charge is -2.32. The maximum Gasteiger partial charge on any atom is 0.171 e. The topological polar surface area (TPSA) is 37.7 Å². The van der Waals surface area contributed by atoms with Gasteiger partial charge in [-0.25, -0.2) is 0 Å². The Bertz CT molecular complexity index is 741. The van der Waals surface area contributed by atoms with Crippen molar-refractivity contribution in [2.75, 3.05) is 32.1 Å². The van der Waals surface area contributed by atoms with Crippen LogP contribution in [0.3, 0.4) is 0 Å². The molecule has 2 aromatic rings. The van der Waals surface area contributed by atoms with Crippen molar-refractivity contribution < 1.29 is 9.64 Å². The summed E-state index contributed by atoms with van der Waals surface area (Å²) in [4.78, 5) is 1.64. The minimum atomic E-state index is 0.383. The first-order chi connectivity index (χ1) is 13.2. The van der Waals surface area contributed by atoms with E-state index in [0.29, 0.717) is 11.2 Å². The highest BCUT2D eigenvalue weighted by Gasteiger charge is 2.26. The molecule has 1 fully saturated rings. The van der Waals surface area contributed by atoms with Crippen LogP contribution in [0.25, 0.3) is 0 Å². The Balaban J connectivity index is 1.65. The quantitative estimate of drug-likeness (QED) is 0.669. The summed E-state index contributed by atoms with van der Waals surface area (Å²) in [6.45, 7) is 5.34. The molecule has 144 valence electrons. The van der Waals surface area contributed by atoms with E-state index in [1.54, 1.807) is 12.0 Å². The van der Waals surface area contributed by atoms with Crippen molar-refractivity contribution in [2.24, 2.45) is 0 Å². The molecule has 2 aromatic carbocycles. The third-order valence-electron chi connectivity index (χ3n) is 5.25. The molecule has 1 heterocycles. The molecule has 3 rings (SSSR count). The molecule has 5 heteroatoms. The number of hydrogen-bond acceptors (Lipinski definition) is 2. The molecule has 0 aromatic heterocycles. The van der Waals surface area contributed by atoms with Crippen molar-refractivity contribution in [3.63, 3.8) is 0 Å². The fourth-order valence-electron chi connectivity index (χ4n) is 3.78. The zero-order valence-corrected chi connectivity index (χ0v) is 17.1. The van der Waals surface area contributed by atoms with E-state index >= 15 is 0 Å². The van der Waals surface area contributed by atoms with Crippen molar-refractivity contribution in [3.8, 4) is 5.75 Å². The van der Waals surface area contributed by atoms with Crippen LogP contribution in [-0.2, 0) is 0 Å². The predicted octanol–water partition coefficient (Wildman–Crippen LogP) is 3.10. The Morgan fingerprint density at radius 3 is 2.52 bits per heavy atom. The molecule has 0 bridgehead atoms. The number of thiocarbonyl (C=S) groups is 1. The van der Waals surface area contributed by atoms with Gasteiger partial charge in [0.1, 0.15) is 11.8 Å². The second kappa shape index (κ2) is 9.72. The molecule has 4 nitrogen and oxygen atoms in total. The first-order valence-corrected chi connectivity index (χ1v) is 10.2. The average Bonchev–Trinajstić information content (AvgIpc) is 2.69. The van der Waals surface area contributed by atoms with Gasteiger partial charge in [-0.05, 0) is 80.4 Å². The minimum absolute atomic E-state index is 0.383. The summed E-state index contributed by atoms with van der Waals surface area (Å²) in [5, 5.41) is 7.42. The number of methoxy groups -OCH3 is 1. The maximum absolute atomic E-state index is 5.54. The van der Waals surface area contributed by atoms with E-state index in [1.165, 1.54) is 43.5 Å². The van der Waals surface area contributed by atoms with Gasteiger partial charge in [0.25, 0.3) is 0 Å². The Kier molecular flexibility index (Phi) is 7.07. The van der Waals surface area contributed by atoms with Crippen LogP contribution in [0.1, 0.15) is 36.4 Å². The predicted molar refractivity (Wildman–Crippen MR) is 116 cm³/mol. The Morgan fingerprint density at radius 1 is 1.11 bits per heavy atom. The van der Waals surface area contributed by atoms with Gasteiger partial charge in [0, 0.05) is 11.3 Å². The van der Waals surface area contributed by atoms with Crippen LogP contribution >= 0.6 is 12.2 Å². The van der Waals surface area contributed by atoms with Crippen LogP contribution in [0, 0.1) is 6.92 Å². The number of rotatable bonds is 6. The molecule has 1 atom stereocenters. The molecular formula is C22H30N3OS+. The minimum Gasteiger partial charge on any atom is -0.497 e. The summed E-state index contributed by atoms with van der Waals surface area (Å²) in [7, 11) is 1.71. The second-order valence-electron chi connectivity index (χ2n) is 7.25. The number of likely N-dealkylation sites (tertiary alicyclic amines) is 1. The number of anilines is 1. The fourth-order valence-corrected chi connectivity index (χ4v) is 3.98. The lowest BCUT2D eigenvalue weighted by molar-refractivity contribution is -0.934. The smallest absolute Gasteiger partial charge is 0.171 e. The van der Waals surface area contributed by atoms with Gasteiger partial charge >= 0.3 is 0 Å². The van der Waals surface area contributed by atoms with E-state index < -0.39 is 0 Å². The van der Waals surface area contributed by atoms with Crippen molar-refractivity contribution in [1.29, 1.82) is 0 Å². The number of nitrogens with one attached hydrogen (secondary N) is 3. The van der Waals surface area contributed by atoms with Gasteiger partial charge in [0.05, 0.1) is 26.7 Å². The van der Waals surface area contributed by atoms with E-state index in [0.717, 1.165) is 18.0 Å². The highest BCUT2D eigenvalue weighted by Crippen LogP contribution is 2.17. The van der Waals surface area contributed by atoms with Crippen molar-refractivity contribution in [2.45, 2.75) is 32.2 Å². The molecule has 0 aliphatic carbocycles. The third kappa shape index (κ3) is 5.68. The van der Waals surface area contributed by atoms with Crippen LogP contribution < -0.4 is 20.3 Å². The molecule has 1 aliphatic heterocycles. The number of ether oxygens (including phenoxy) is 1. The number of hydrogen-bond donors (Lipinski definition) is 3. The van der Waals surface area contributed by atoms with Gasteiger partial charge in [-0.1, -0.05) is 12.1 Å². The summed E-state index contributed by atoms with van der Waals surface area (Å²) in [5.41, 5.74) is 3.58. The molecule has 0 amide bonds. The summed E-state index contributed by atoms with van der Waals surface area (Å²) in [6, 6.07) is 17.1. The zero-order chi connectivity index (χ0) is 19.1. The molecule has 0 unspecified atom stereocenters. The van der Waals surface area contributed by atoms with Crippen molar-refractivity contribution >= 4 is 23.0 Å². The summed E-state index contributed by atoms with van der Waals surface area (Å²) < 4.78 is 5.32. The van der Waals surface area contributed by atoms with Gasteiger partial charge in [-0.2, -0.15) is 0 Å². The van der Waals surface area contributed by atoms with E-state index in [2.05, 4.69) is 54.0 Å². The van der Waals surface area contributed by atoms with Gasteiger partial charge in [-0.15, -0.1) is 0 Å². The Labute approximate surface area is 167 Å². The largest absolute Gasteiger partial charge is 0.497 e. The summed E-state index contributed by atoms with van der Waals surface area (Å²) in [5.74, 6) is 0.899. The van der Waals surface area contributed by atoms with Crippen LogP contribution in [-0.4, -0.2) is 31.9 Å². The van der Waals surface area contributed by atoms with Crippen molar-refractivity contribution in [3.05, 3.63) is 59.7 Å². The van der Waals surface area contributed by atoms with E-state index in [9.17, 15) is 0 Å². The molecule has 0 radical (unpaired) electrons. The highest BCUT2D eigenvalue weighted by atomic mass is 32.1. The lowest BCUT2D eigenvalue weighted by Crippen LogP contribution is -3.13. The van der Waals surface area contributed by atoms with E-state index in [-0.39, 0.29) is 0 Å². The zero-order valence-electron chi connectivity index (χ0n) is 16.3. The van der Waals surface area contributed by atoms with Gasteiger partial charge in [-0.3, -0.25) is 0 Å². The van der Waals surface area contributed by atoms with Gasteiger partial charge < -0.3 is 20.3 Å². The van der Waals surface area contributed by atoms with Gasteiger partial charge in [0.2, 0.25) is 0 Å². The SMILES string of the molecule is COc1ccc([C@@H](CNC(=S)Nc2cccc(C)c2)[NH+]2CCCCC2)cc1. The summed E-state index contributed by atoms with van der Waals surface area (Å²) >= 11 is 5.54.